The van der Waals surface area contributed by atoms with E-state index in [1.54, 1.807) is 32.1 Å². The Morgan fingerprint density at radius 2 is 1.12 bits per heavy atom. The summed E-state index contributed by atoms with van der Waals surface area (Å²) in [5.74, 6) is 2.34. The Bertz CT molecular complexity index is 202. The zero-order valence-electron chi connectivity index (χ0n) is 11.1. The van der Waals surface area contributed by atoms with Crippen LogP contribution in [0.3, 0.4) is 0 Å². The third-order valence-electron chi connectivity index (χ3n) is 3.79. The highest BCUT2D eigenvalue weighted by Gasteiger charge is 2.30. The molecule has 1 heteroatoms. The first-order valence-corrected chi connectivity index (χ1v) is 6.85. The topological polar surface area (TPSA) is 3.24 Å². The zero-order chi connectivity index (χ0) is 12.5. The van der Waals surface area contributed by atoms with E-state index in [4.69, 9.17) is 0 Å². The van der Waals surface area contributed by atoms with Crippen LogP contribution in [0.5, 0.6) is 0 Å². The second-order valence-corrected chi connectivity index (χ2v) is 5.21. The van der Waals surface area contributed by atoms with Crippen molar-refractivity contribution in [3.63, 3.8) is 0 Å². The highest BCUT2D eigenvalue weighted by atomic mass is 15.1. The molecule has 0 aromatic carbocycles. The first kappa shape index (κ1) is 14.2. The van der Waals surface area contributed by atoms with Crippen LogP contribution in [0.2, 0.25) is 0 Å². The Labute approximate surface area is 107 Å². The monoisotopic (exact) mass is 233 g/mol. The number of hydrogen-bond acceptors (Lipinski definition) is 1. The van der Waals surface area contributed by atoms with Crippen LogP contribution in [0, 0.1) is 11.8 Å². The van der Waals surface area contributed by atoms with E-state index in [-0.39, 0.29) is 0 Å². The molecule has 0 unspecified atom stereocenters. The Hall–Kier alpha value is -0.820. The summed E-state index contributed by atoms with van der Waals surface area (Å²) in [4.78, 5) is 2.19. The van der Waals surface area contributed by atoms with E-state index in [2.05, 4.69) is 24.6 Å². The van der Waals surface area contributed by atoms with Gasteiger partial charge in [-0.3, -0.25) is 4.90 Å². The molecule has 0 atom stereocenters. The van der Waals surface area contributed by atoms with E-state index in [0.717, 1.165) is 19.6 Å². The predicted octanol–water partition coefficient (Wildman–Crippen LogP) is 4.04. The quantitative estimate of drug-likeness (QED) is 0.626. The van der Waals surface area contributed by atoms with Crippen LogP contribution in [0.15, 0.2) is 38.0 Å². The molecule has 2 fully saturated rings. The standard InChI is InChI=1S/C9H15N.C7H12/c1-4-7-10(8-5-2)9-6-3;1-2-7-4-3-6(1)5-7/h4-6H,1-3,7-9H2;6-7H,1-5H2. The van der Waals surface area contributed by atoms with Crippen molar-refractivity contribution in [2.24, 2.45) is 11.8 Å². The van der Waals surface area contributed by atoms with E-state index >= 15 is 0 Å². The maximum atomic E-state index is 3.65. The van der Waals surface area contributed by atoms with E-state index in [1.165, 1.54) is 11.8 Å². The summed E-state index contributed by atoms with van der Waals surface area (Å²) >= 11 is 0. The molecular formula is C16H27N. The van der Waals surface area contributed by atoms with E-state index in [0.29, 0.717) is 0 Å². The normalized spacial score (nSPS) is 25.2. The molecule has 0 heterocycles. The molecule has 17 heavy (non-hydrogen) atoms. The molecule has 96 valence electrons. The lowest BCUT2D eigenvalue weighted by molar-refractivity contribution is 0.373. The van der Waals surface area contributed by atoms with Crippen LogP contribution in [0.1, 0.15) is 32.1 Å². The summed E-state index contributed by atoms with van der Waals surface area (Å²) in [5, 5.41) is 0. The second-order valence-electron chi connectivity index (χ2n) is 5.21. The van der Waals surface area contributed by atoms with Crippen molar-refractivity contribution in [2.45, 2.75) is 32.1 Å². The first-order valence-electron chi connectivity index (χ1n) is 6.85. The molecule has 0 spiro atoms. The summed E-state index contributed by atoms with van der Waals surface area (Å²) in [6.45, 7) is 13.7. The third kappa shape index (κ3) is 5.36. The van der Waals surface area contributed by atoms with Crippen LogP contribution in [-0.2, 0) is 0 Å². The van der Waals surface area contributed by atoms with Crippen molar-refractivity contribution in [3.05, 3.63) is 38.0 Å². The van der Waals surface area contributed by atoms with Gasteiger partial charge in [0.15, 0.2) is 0 Å². The molecule has 0 radical (unpaired) electrons. The van der Waals surface area contributed by atoms with Crippen LogP contribution in [-0.4, -0.2) is 24.5 Å². The van der Waals surface area contributed by atoms with Crippen molar-refractivity contribution in [2.75, 3.05) is 19.6 Å². The van der Waals surface area contributed by atoms with E-state index in [9.17, 15) is 0 Å². The molecular weight excluding hydrogens is 206 g/mol. The van der Waals surface area contributed by atoms with Gasteiger partial charge in [0.2, 0.25) is 0 Å². The fourth-order valence-corrected chi connectivity index (χ4v) is 2.95. The molecule has 2 rings (SSSR count). The van der Waals surface area contributed by atoms with Gasteiger partial charge in [0.05, 0.1) is 0 Å². The molecule has 2 aliphatic carbocycles. The average molecular weight is 233 g/mol. The average Bonchev–Trinajstić information content (AvgIpc) is 2.95. The van der Waals surface area contributed by atoms with Crippen molar-refractivity contribution in [3.8, 4) is 0 Å². The number of hydrogen-bond donors (Lipinski definition) is 0. The number of rotatable bonds is 6. The van der Waals surface area contributed by atoms with Crippen LogP contribution in [0.4, 0.5) is 0 Å². The second kappa shape index (κ2) is 8.30. The number of nitrogens with zero attached hydrogens (tertiary/aromatic N) is 1. The van der Waals surface area contributed by atoms with Crippen LogP contribution in [0.25, 0.3) is 0 Å². The van der Waals surface area contributed by atoms with Gasteiger partial charge in [-0.2, -0.15) is 0 Å². The van der Waals surface area contributed by atoms with Gasteiger partial charge in [0.1, 0.15) is 0 Å². The van der Waals surface area contributed by atoms with Gasteiger partial charge in [-0.1, -0.05) is 43.9 Å². The Morgan fingerprint density at radius 1 is 0.765 bits per heavy atom. The summed E-state index contributed by atoms with van der Waals surface area (Å²) in [5.41, 5.74) is 0. The minimum atomic E-state index is 0.901. The summed E-state index contributed by atoms with van der Waals surface area (Å²) < 4.78 is 0. The maximum Gasteiger partial charge on any atom is 0.0167 e. The highest BCUT2D eigenvalue weighted by Crippen LogP contribution is 2.43. The molecule has 0 aromatic rings. The smallest absolute Gasteiger partial charge is 0.0167 e. The van der Waals surface area contributed by atoms with Crippen molar-refractivity contribution >= 4 is 0 Å². The fraction of sp³-hybridized carbons (Fsp3) is 0.625. The summed E-state index contributed by atoms with van der Waals surface area (Å²) in [7, 11) is 0. The molecule has 0 saturated heterocycles. The maximum absolute atomic E-state index is 3.65. The third-order valence-corrected chi connectivity index (χ3v) is 3.79. The molecule has 2 saturated carbocycles. The molecule has 0 aliphatic heterocycles. The first-order chi connectivity index (χ1) is 8.30. The Morgan fingerprint density at radius 3 is 1.29 bits per heavy atom. The SMILES string of the molecule is C1CC2CCC1C2.C=CCN(CC=C)CC=C. The molecule has 2 bridgehead atoms. The van der Waals surface area contributed by atoms with Gasteiger partial charge >= 0.3 is 0 Å². The Kier molecular flexibility index (Phi) is 6.95. The summed E-state index contributed by atoms with van der Waals surface area (Å²) in [6.07, 6.45) is 13.5. The molecule has 1 nitrogen and oxygen atoms in total. The highest BCUT2D eigenvalue weighted by molar-refractivity contribution is 4.84. The lowest BCUT2D eigenvalue weighted by Crippen LogP contribution is -2.23. The van der Waals surface area contributed by atoms with Crippen LogP contribution >= 0.6 is 0 Å². The molecule has 0 amide bonds. The van der Waals surface area contributed by atoms with Gasteiger partial charge in [0.25, 0.3) is 0 Å². The Balaban J connectivity index is 0.000000177. The van der Waals surface area contributed by atoms with Crippen molar-refractivity contribution in [1.29, 1.82) is 0 Å². The van der Waals surface area contributed by atoms with Gasteiger partial charge in [-0.15, -0.1) is 19.7 Å². The number of fused-ring (bicyclic) bond motifs is 2. The zero-order valence-corrected chi connectivity index (χ0v) is 11.1. The van der Waals surface area contributed by atoms with E-state index < -0.39 is 0 Å². The van der Waals surface area contributed by atoms with Gasteiger partial charge < -0.3 is 0 Å². The van der Waals surface area contributed by atoms with Crippen molar-refractivity contribution in [1.82, 2.24) is 4.90 Å². The van der Waals surface area contributed by atoms with Crippen molar-refractivity contribution < 1.29 is 0 Å². The largest absolute Gasteiger partial charge is 0.292 e. The van der Waals surface area contributed by atoms with Gasteiger partial charge in [0, 0.05) is 19.6 Å². The van der Waals surface area contributed by atoms with Gasteiger partial charge in [-0.05, 0) is 18.3 Å². The molecule has 2 aliphatic rings. The fourth-order valence-electron chi connectivity index (χ4n) is 2.95. The lowest BCUT2D eigenvalue weighted by Gasteiger charge is -2.15. The predicted molar refractivity (Wildman–Crippen MR) is 77.1 cm³/mol. The van der Waals surface area contributed by atoms with Crippen LogP contribution < -0.4 is 0 Å². The van der Waals surface area contributed by atoms with Gasteiger partial charge in [-0.25, -0.2) is 0 Å². The molecule has 0 N–H and O–H groups in total. The van der Waals surface area contributed by atoms with E-state index in [1.807, 2.05) is 18.2 Å². The minimum Gasteiger partial charge on any atom is -0.292 e. The minimum absolute atomic E-state index is 0.901. The lowest BCUT2D eigenvalue weighted by atomic mass is 10.0. The molecule has 0 aromatic heterocycles. The summed E-state index contributed by atoms with van der Waals surface area (Å²) in [6, 6.07) is 0.